The van der Waals surface area contributed by atoms with Crippen LogP contribution < -0.4 is 5.32 Å². The van der Waals surface area contributed by atoms with E-state index < -0.39 is 34.0 Å². The zero-order chi connectivity index (χ0) is 17.9. The van der Waals surface area contributed by atoms with Gasteiger partial charge in [-0.2, -0.15) is 4.31 Å². The second-order valence-corrected chi connectivity index (χ2v) is 7.98. The lowest BCUT2D eigenvalue weighted by Crippen LogP contribution is -2.43. The molecular formula is C15H19ClN2O5S. The first-order valence-electron chi connectivity index (χ1n) is 7.42. The van der Waals surface area contributed by atoms with Gasteiger partial charge in [0.15, 0.2) is 6.10 Å². The van der Waals surface area contributed by atoms with Crippen LogP contribution in [0.4, 0.5) is 5.69 Å². The molecule has 2 rings (SSSR count). The zero-order valence-corrected chi connectivity index (χ0v) is 14.9. The number of rotatable bonds is 5. The molecule has 1 fully saturated rings. The summed E-state index contributed by atoms with van der Waals surface area (Å²) in [5.41, 5.74) is 0.519. The van der Waals surface area contributed by atoms with Crippen molar-refractivity contribution >= 4 is 39.2 Å². The number of anilines is 1. The summed E-state index contributed by atoms with van der Waals surface area (Å²) in [6, 6.07) is 5.62. The Labute approximate surface area is 146 Å². The van der Waals surface area contributed by atoms with Crippen molar-refractivity contribution in [3.8, 4) is 0 Å². The van der Waals surface area contributed by atoms with Crippen molar-refractivity contribution in [2.24, 2.45) is 0 Å². The second kappa shape index (κ2) is 7.50. The standard InChI is InChI=1S/C15H19ClN2O5S/c1-10(14(19)17-12-7-5-11(16)6-8-12)23-15(20)13-4-3-9-18(13)24(2,21)22/h5-8,10,13H,3-4,9H2,1-2H3,(H,17,19)/t10-,13+/m1/s1. The van der Waals surface area contributed by atoms with Gasteiger partial charge in [0.2, 0.25) is 10.0 Å². The predicted molar refractivity (Wildman–Crippen MR) is 90.2 cm³/mol. The number of carbonyl (C=O) groups is 2. The maximum atomic E-state index is 12.2. The van der Waals surface area contributed by atoms with Gasteiger partial charge in [0, 0.05) is 17.3 Å². The molecule has 0 radical (unpaired) electrons. The van der Waals surface area contributed by atoms with Crippen LogP contribution in [-0.4, -0.2) is 49.5 Å². The molecule has 1 saturated heterocycles. The van der Waals surface area contributed by atoms with Gasteiger partial charge in [-0.25, -0.2) is 8.42 Å². The van der Waals surface area contributed by atoms with Gasteiger partial charge in [-0.1, -0.05) is 11.6 Å². The molecule has 0 bridgehead atoms. The first kappa shape index (κ1) is 18.7. The first-order valence-corrected chi connectivity index (χ1v) is 9.65. The van der Waals surface area contributed by atoms with Crippen LogP contribution in [0.1, 0.15) is 19.8 Å². The summed E-state index contributed by atoms with van der Waals surface area (Å²) in [5, 5.41) is 3.14. The normalized spacial score (nSPS) is 19.7. The number of sulfonamides is 1. The van der Waals surface area contributed by atoms with Gasteiger partial charge in [-0.15, -0.1) is 0 Å². The van der Waals surface area contributed by atoms with E-state index in [4.69, 9.17) is 16.3 Å². The Morgan fingerprint density at radius 3 is 2.54 bits per heavy atom. The van der Waals surface area contributed by atoms with Crippen molar-refractivity contribution in [1.29, 1.82) is 0 Å². The van der Waals surface area contributed by atoms with E-state index in [-0.39, 0.29) is 6.54 Å². The number of amides is 1. The molecule has 0 aliphatic carbocycles. The lowest BCUT2D eigenvalue weighted by atomic mass is 10.2. The average Bonchev–Trinajstić information content (AvgIpc) is 2.99. The van der Waals surface area contributed by atoms with Gasteiger partial charge in [0.05, 0.1) is 6.26 Å². The quantitative estimate of drug-likeness (QED) is 0.791. The Hall–Kier alpha value is -1.64. The number of hydrogen-bond donors (Lipinski definition) is 1. The van der Waals surface area contributed by atoms with Crippen molar-refractivity contribution < 1.29 is 22.7 Å². The number of nitrogens with zero attached hydrogens (tertiary/aromatic N) is 1. The minimum Gasteiger partial charge on any atom is -0.451 e. The van der Waals surface area contributed by atoms with E-state index in [1.165, 1.54) is 6.92 Å². The highest BCUT2D eigenvalue weighted by atomic mass is 35.5. The fourth-order valence-corrected chi connectivity index (χ4v) is 3.70. The number of nitrogens with one attached hydrogen (secondary N) is 1. The largest absolute Gasteiger partial charge is 0.451 e. The molecule has 9 heteroatoms. The minimum atomic E-state index is -3.49. The molecule has 1 aromatic carbocycles. The molecule has 2 atom stereocenters. The Morgan fingerprint density at radius 1 is 1.33 bits per heavy atom. The van der Waals surface area contributed by atoms with Crippen LogP contribution in [0.25, 0.3) is 0 Å². The molecule has 1 aromatic rings. The third-order valence-corrected chi connectivity index (χ3v) is 5.22. The van der Waals surface area contributed by atoms with E-state index in [0.29, 0.717) is 23.6 Å². The van der Waals surface area contributed by atoms with Gasteiger partial charge in [0.25, 0.3) is 5.91 Å². The molecule has 1 N–H and O–H groups in total. The third kappa shape index (κ3) is 4.68. The molecule has 0 spiro atoms. The van der Waals surface area contributed by atoms with E-state index in [0.717, 1.165) is 10.6 Å². The fourth-order valence-electron chi connectivity index (χ4n) is 2.46. The van der Waals surface area contributed by atoms with Crippen molar-refractivity contribution in [1.82, 2.24) is 4.31 Å². The number of carbonyl (C=O) groups excluding carboxylic acids is 2. The van der Waals surface area contributed by atoms with Crippen LogP contribution in [0.2, 0.25) is 5.02 Å². The summed E-state index contributed by atoms with van der Waals surface area (Å²) in [6.45, 7) is 1.72. The average molecular weight is 375 g/mol. The molecule has 7 nitrogen and oxygen atoms in total. The smallest absolute Gasteiger partial charge is 0.325 e. The summed E-state index contributed by atoms with van der Waals surface area (Å²) in [7, 11) is -3.49. The molecule has 1 heterocycles. The zero-order valence-electron chi connectivity index (χ0n) is 13.4. The predicted octanol–water partition coefficient (Wildman–Crippen LogP) is 1.63. The van der Waals surface area contributed by atoms with Gasteiger partial charge < -0.3 is 10.1 Å². The number of hydrogen-bond acceptors (Lipinski definition) is 5. The second-order valence-electron chi connectivity index (χ2n) is 5.61. The van der Waals surface area contributed by atoms with E-state index in [2.05, 4.69) is 5.32 Å². The Balaban J connectivity index is 1.95. The van der Waals surface area contributed by atoms with Gasteiger partial charge >= 0.3 is 5.97 Å². The van der Waals surface area contributed by atoms with Crippen LogP contribution in [-0.2, 0) is 24.3 Å². The van der Waals surface area contributed by atoms with Crippen molar-refractivity contribution in [3.63, 3.8) is 0 Å². The highest BCUT2D eigenvalue weighted by molar-refractivity contribution is 7.88. The summed E-state index contributed by atoms with van der Waals surface area (Å²) in [6.07, 6.45) is 0.973. The van der Waals surface area contributed by atoms with Crippen molar-refractivity contribution in [3.05, 3.63) is 29.3 Å². The van der Waals surface area contributed by atoms with E-state index in [1.54, 1.807) is 24.3 Å². The van der Waals surface area contributed by atoms with Gasteiger partial charge in [-0.3, -0.25) is 9.59 Å². The molecule has 1 aliphatic rings. The highest BCUT2D eigenvalue weighted by Gasteiger charge is 2.38. The van der Waals surface area contributed by atoms with E-state index in [9.17, 15) is 18.0 Å². The fraction of sp³-hybridized carbons (Fsp3) is 0.467. The minimum absolute atomic E-state index is 0.282. The third-order valence-electron chi connectivity index (χ3n) is 3.68. The molecule has 1 aliphatic heterocycles. The van der Waals surface area contributed by atoms with E-state index >= 15 is 0 Å². The topological polar surface area (TPSA) is 92.8 Å². The summed E-state index contributed by atoms with van der Waals surface area (Å²) >= 11 is 5.77. The number of halogens is 1. The monoisotopic (exact) mass is 374 g/mol. The van der Waals surface area contributed by atoms with Crippen LogP contribution in [0.15, 0.2) is 24.3 Å². The summed E-state index contributed by atoms with van der Waals surface area (Å²) in [5.74, 6) is -1.22. The maximum absolute atomic E-state index is 12.2. The molecule has 0 unspecified atom stereocenters. The summed E-state index contributed by atoms with van der Waals surface area (Å²) in [4.78, 5) is 24.3. The van der Waals surface area contributed by atoms with Crippen LogP contribution in [0.3, 0.4) is 0 Å². The Kier molecular flexibility index (Phi) is 5.84. The lowest BCUT2D eigenvalue weighted by molar-refractivity contribution is -0.156. The summed E-state index contributed by atoms with van der Waals surface area (Å²) < 4.78 is 29.6. The molecule has 24 heavy (non-hydrogen) atoms. The molecule has 1 amide bonds. The maximum Gasteiger partial charge on any atom is 0.325 e. The van der Waals surface area contributed by atoms with Crippen LogP contribution in [0.5, 0.6) is 0 Å². The van der Waals surface area contributed by atoms with Crippen LogP contribution in [0, 0.1) is 0 Å². The van der Waals surface area contributed by atoms with Crippen LogP contribution >= 0.6 is 11.6 Å². The highest BCUT2D eigenvalue weighted by Crippen LogP contribution is 2.22. The molecular weight excluding hydrogens is 356 g/mol. The molecule has 0 aromatic heterocycles. The van der Waals surface area contributed by atoms with Crippen molar-refractivity contribution in [2.75, 3.05) is 18.1 Å². The molecule has 132 valence electrons. The number of ether oxygens (including phenoxy) is 1. The van der Waals surface area contributed by atoms with Gasteiger partial charge in [-0.05, 0) is 44.0 Å². The first-order chi connectivity index (χ1) is 11.2. The van der Waals surface area contributed by atoms with E-state index in [1.807, 2.05) is 0 Å². The SMILES string of the molecule is C[C@@H](OC(=O)[C@@H]1CCCN1S(C)(=O)=O)C(=O)Nc1ccc(Cl)cc1. The lowest BCUT2D eigenvalue weighted by Gasteiger charge is -2.22. The number of esters is 1. The van der Waals surface area contributed by atoms with Crippen molar-refractivity contribution in [2.45, 2.75) is 31.9 Å². The Morgan fingerprint density at radius 2 is 1.96 bits per heavy atom. The van der Waals surface area contributed by atoms with Gasteiger partial charge in [0.1, 0.15) is 6.04 Å². The Bertz CT molecular complexity index is 720. The molecule has 0 saturated carbocycles. The number of benzene rings is 1.